The fraction of sp³-hybridized carbons (Fsp3) is 0.407. The summed E-state index contributed by atoms with van der Waals surface area (Å²) in [6.45, 7) is 29.0. The van der Waals surface area contributed by atoms with Crippen LogP contribution in [0.1, 0.15) is 76.4 Å². The summed E-state index contributed by atoms with van der Waals surface area (Å²) in [4.78, 5) is 42.9. The van der Waals surface area contributed by atoms with Crippen LogP contribution in [0.5, 0.6) is 0 Å². The Morgan fingerprint density at radius 2 is 1.00 bits per heavy atom. The monoisotopic (exact) mass is 1050 g/mol. The number of nitrogens with two attached hydrogens (primary N) is 1. The van der Waals surface area contributed by atoms with Crippen LogP contribution in [0.25, 0.3) is 44.6 Å². The van der Waals surface area contributed by atoms with Gasteiger partial charge in [0.15, 0.2) is 23.3 Å². The second-order valence-corrected chi connectivity index (χ2v) is 19.6. The third-order valence-corrected chi connectivity index (χ3v) is 13.6. The first-order valence-corrected chi connectivity index (χ1v) is 25.7. The number of hydrogen-bond donors (Lipinski definition) is 2. The van der Waals surface area contributed by atoms with Crippen LogP contribution >= 0.6 is 11.6 Å². The number of nitrogens with zero attached hydrogens (tertiary/aromatic N) is 14. The number of anilines is 3. The molecule has 2 saturated heterocycles. The van der Waals surface area contributed by atoms with Gasteiger partial charge in [0.25, 0.3) is 0 Å². The predicted molar refractivity (Wildman–Crippen MR) is 288 cm³/mol. The lowest BCUT2D eigenvalue weighted by molar-refractivity contribution is 0.132. The SMILES string of the molecule is CCN1CCN(Cc2ccc(N)nc2)CC1.CCN1CCN(Cc2ccc(Nc3ncc(F)c(-c4cc(F)c5nc(C)n(C(C)C)c5c4)n3)nc2)CC1.Cc1nc2c(F)cc(-c3nc(Cl)ncc3F)cc2n1C(C)C. The molecule has 2 aliphatic heterocycles. The quantitative estimate of drug-likeness (QED) is 0.0878. The van der Waals surface area contributed by atoms with E-state index in [-0.39, 0.29) is 45.7 Å². The van der Waals surface area contributed by atoms with E-state index in [2.05, 4.69) is 84.7 Å². The van der Waals surface area contributed by atoms with Crippen molar-refractivity contribution in [1.82, 2.24) is 68.6 Å². The number of pyridine rings is 2. The van der Waals surface area contributed by atoms with Crippen molar-refractivity contribution in [1.29, 1.82) is 0 Å². The number of piperazine rings is 2. The molecule has 0 bridgehead atoms. The smallest absolute Gasteiger partial charge is 0.229 e. The number of likely N-dealkylation sites (N-methyl/N-ethyl adjacent to an activating group) is 2. The van der Waals surface area contributed by atoms with Crippen molar-refractivity contribution in [3.63, 3.8) is 0 Å². The van der Waals surface area contributed by atoms with Gasteiger partial charge in [-0.15, -0.1) is 0 Å². The minimum atomic E-state index is -0.657. The average molecular weight is 1050 g/mol. The number of imidazole rings is 2. The van der Waals surface area contributed by atoms with Crippen molar-refractivity contribution < 1.29 is 17.6 Å². The van der Waals surface area contributed by atoms with Gasteiger partial charge in [-0.05, 0) is 114 Å². The van der Waals surface area contributed by atoms with Crippen molar-refractivity contribution in [2.24, 2.45) is 0 Å². The minimum Gasteiger partial charge on any atom is -0.384 e. The number of aryl methyl sites for hydroxylation is 2. The summed E-state index contributed by atoms with van der Waals surface area (Å²) in [7, 11) is 0. The highest BCUT2D eigenvalue weighted by Crippen LogP contribution is 2.32. The van der Waals surface area contributed by atoms with Gasteiger partial charge in [0.05, 0.1) is 23.4 Å². The first-order chi connectivity index (χ1) is 36.0. The third kappa shape index (κ3) is 13.2. The van der Waals surface area contributed by atoms with Crippen molar-refractivity contribution in [2.45, 2.75) is 80.6 Å². The van der Waals surface area contributed by atoms with Crippen LogP contribution in [0.2, 0.25) is 5.28 Å². The van der Waals surface area contributed by atoms with Crippen molar-refractivity contribution in [3.8, 4) is 22.5 Å². The Balaban J connectivity index is 0.000000166. The molecular formula is C54H65ClF4N16. The van der Waals surface area contributed by atoms with Gasteiger partial charge in [-0.1, -0.05) is 26.0 Å². The first-order valence-electron chi connectivity index (χ1n) is 25.4. The van der Waals surface area contributed by atoms with Gasteiger partial charge < -0.3 is 30.0 Å². The summed E-state index contributed by atoms with van der Waals surface area (Å²) in [5, 5.41) is 2.95. The summed E-state index contributed by atoms with van der Waals surface area (Å²) in [6.07, 6.45) is 5.76. The lowest BCUT2D eigenvalue weighted by Crippen LogP contribution is -2.45. The first kappa shape index (κ1) is 54.5. The Bertz CT molecular complexity index is 3200. The average Bonchev–Trinajstić information content (AvgIpc) is 3.93. The van der Waals surface area contributed by atoms with E-state index < -0.39 is 23.3 Å². The summed E-state index contributed by atoms with van der Waals surface area (Å²) < 4.78 is 61.8. The van der Waals surface area contributed by atoms with Crippen LogP contribution in [0.3, 0.4) is 0 Å². The second kappa shape index (κ2) is 24.3. The number of nitrogen functional groups attached to an aromatic ring is 1. The molecule has 16 nitrogen and oxygen atoms in total. The molecule has 0 saturated carbocycles. The van der Waals surface area contributed by atoms with Gasteiger partial charge in [-0.25, -0.2) is 57.4 Å². The lowest BCUT2D eigenvalue weighted by Gasteiger charge is -2.33. The standard InChI is InChI=1S/C27H32F2N8.C15H13ClF2N4.C12H20N4/c1-5-35-8-10-36(11-9-35)16-19-6-7-24(30-14-19)33-27-31-15-22(29)25(34-27)20-12-21(28)26-23(13-20)37(17(2)3)18(4)32-26;1-7(2)22-8(3)20-14-10(17)4-9(5-12(14)22)13-11(18)6-19-15(16)21-13;1-2-15-5-7-16(8-6-15)10-11-3-4-12(13)14-9-11/h6-7,12-15,17H,5,8-11,16H2,1-4H3,(H,30,31,33,34);4-7H,1-3H3;3-4,9H,2,5-8,10H2,1H3,(H2,13,14). The van der Waals surface area contributed by atoms with Gasteiger partial charge in [0, 0.05) is 101 Å². The maximum Gasteiger partial charge on any atom is 0.229 e. The third-order valence-electron chi connectivity index (χ3n) is 13.4. The number of benzene rings is 2. The van der Waals surface area contributed by atoms with Gasteiger partial charge >= 0.3 is 0 Å². The van der Waals surface area contributed by atoms with Crippen LogP contribution in [-0.4, -0.2) is 134 Å². The van der Waals surface area contributed by atoms with E-state index in [0.717, 1.165) is 83.4 Å². The lowest BCUT2D eigenvalue weighted by atomic mass is 10.1. The van der Waals surface area contributed by atoms with E-state index in [1.54, 1.807) is 19.1 Å². The fourth-order valence-electron chi connectivity index (χ4n) is 9.57. The Labute approximate surface area is 440 Å². The Kier molecular flexibility index (Phi) is 17.7. The molecule has 0 unspecified atom stereocenters. The van der Waals surface area contributed by atoms with Crippen molar-refractivity contribution in [3.05, 3.63) is 125 Å². The molecule has 3 N–H and O–H groups in total. The molecule has 0 amide bonds. The molecule has 0 radical (unpaired) electrons. The molecule has 21 heteroatoms. The molecule has 2 aliphatic rings. The summed E-state index contributed by atoms with van der Waals surface area (Å²) in [6, 6.07) is 13.8. The van der Waals surface area contributed by atoms with E-state index in [4.69, 9.17) is 17.3 Å². The topological polar surface area (TPSA) is 164 Å². The predicted octanol–water partition coefficient (Wildman–Crippen LogP) is 10.1. The molecule has 8 aromatic rings. The molecule has 2 fully saturated rings. The number of halogens is 5. The molecule has 75 heavy (non-hydrogen) atoms. The molecule has 6 aromatic heterocycles. The second-order valence-electron chi connectivity index (χ2n) is 19.3. The highest BCUT2D eigenvalue weighted by Gasteiger charge is 2.22. The molecule has 396 valence electrons. The Morgan fingerprint density at radius 3 is 1.44 bits per heavy atom. The zero-order valence-corrected chi connectivity index (χ0v) is 44.6. The Morgan fingerprint density at radius 1 is 0.547 bits per heavy atom. The summed E-state index contributed by atoms with van der Waals surface area (Å²) in [5.74, 6) is 0.387. The molecule has 0 atom stereocenters. The highest BCUT2D eigenvalue weighted by atomic mass is 35.5. The van der Waals surface area contributed by atoms with E-state index >= 15 is 0 Å². The van der Waals surface area contributed by atoms with Gasteiger partial charge in [0.2, 0.25) is 11.2 Å². The number of fused-ring (bicyclic) bond motifs is 2. The highest BCUT2D eigenvalue weighted by molar-refractivity contribution is 6.28. The maximum atomic E-state index is 14.9. The zero-order chi connectivity index (χ0) is 53.5. The number of aromatic nitrogens is 10. The maximum absolute atomic E-state index is 14.9. The Hall–Kier alpha value is -6.71. The van der Waals surface area contributed by atoms with E-state index in [9.17, 15) is 17.6 Å². The van der Waals surface area contributed by atoms with Crippen LogP contribution in [0.4, 0.5) is 35.1 Å². The van der Waals surface area contributed by atoms with Crippen molar-refractivity contribution >= 4 is 51.3 Å². The molecular weight excluding hydrogens is 984 g/mol. The van der Waals surface area contributed by atoms with Gasteiger partial charge in [-0.3, -0.25) is 9.80 Å². The minimum absolute atomic E-state index is 0.00954. The van der Waals surface area contributed by atoms with E-state index in [0.29, 0.717) is 45.4 Å². The molecule has 2 aromatic carbocycles. The zero-order valence-electron chi connectivity index (χ0n) is 43.8. The van der Waals surface area contributed by atoms with E-state index in [1.165, 1.54) is 30.8 Å². The van der Waals surface area contributed by atoms with Crippen molar-refractivity contribution in [2.75, 3.05) is 76.5 Å². The van der Waals surface area contributed by atoms with Crippen LogP contribution in [-0.2, 0) is 13.1 Å². The molecule has 10 rings (SSSR count). The normalized spacial score (nSPS) is 14.9. The number of hydrogen-bond acceptors (Lipinski definition) is 14. The molecule has 0 spiro atoms. The summed E-state index contributed by atoms with van der Waals surface area (Å²) >= 11 is 5.71. The number of nitrogens with one attached hydrogen (secondary N) is 1. The van der Waals surface area contributed by atoms with Gasteiger partial charge in [0.1, 0.15) is 45.7 Å². The van der Waals surface area contributed by atoms with E-state index in [1.807, 2.05) is 74.3 Å². The van der Waals surface area contributed by atoms with Crippen LogP contribution in [0, 0.1) is 37.1 Å². The summed E-state index contributed by atoms with van der Waals surface area (Å²) in [5.41, 5.74) is 10.3. The van der Waals surface area contributed by atoms with Crippen LogP contribution < -0.4 is 11.1 Å². The largest absolute Gasteiger partial charge is 0.384 e. The molecule has 8 heterocycles. The number of rotatable bonds is 12. The van der Waals surface area contributed by atoms with Crippen LogP contribution in [0.15, 0.2) is 73.3 Å². The fourth-order valence-corrected chi connectivity index (χ4v) is 9.71. The van der Waals surface area contributed by atoms with Gasteiger partial charge in [-0.2, -0.15) is 0 Å². The molecule has 0 aliphatic carbocycles.